The summed E-state index contributed by atoms with van der Waals surface area (Å²) in [6, 6.07) is 3.67. The van der Waals surface area contributed by atoms with E-state index in [4.69, 9.17) is 9.47 Å². The number of nitrogens with one attached hydrogen (secondary N) is 2. The summed E-state index contributed by atoms with van der Waals surface area (Å²) in [4.78, 5) is 55.0. The van der Waals surface area contributed by atoms with Crippen LogP contribution in [0.3, 0.4) is 0 Å². The fraction of sp³-hybridized carbons (Fsp3) is 0.391. The van der Waals surface area contributed by atoms with Gasteiger partial charge in [-0.25, -0.2) is 4.79 Å². The van der Waals surface area contributed by atoms with Crippen molar-refractivity contribution in [2.45, 2.75) is 52.6 Å². The Morgan fingerprint density at radius 1 is 1.19 bits per heavy atom. The molecule has 3 heterocycles. The molecule has 32 heavy (non-hydrogen) atoms. The molecule has 1 aromatic carbocycles. The maximum Gasteiger partial charge on any atom is 0.325 e. The number of fused-ring (bicyclic) bond motifs is 1. The number of nitrogens with zero attached hydrogens (tertiary/aromatic N) is 1. The number of benzene rings is 1. The first-order valence-electron chi connectivity index (χ1n) is 10.3. The number of H-pyrrole nitrogens is 1. The van der Waals surface area contributed by atoms with Crippen LogP contribution in [0.5, 0.6) is 11.5 Å². The largest absolute Gasteiger partial charge is 0.454 e. The van der Waals surface area contributed by atoms with Crippen LogP contribution in [0.1, 0.15) is 58.4 Å². The highest BCUT2D eigenvalue weighted by Crippen LogP contribution is 2.34. The number of hydrogen-bond acceptors (Lipinski definition) is 6. The van der Waals surface area contributed by atoms with Crippen molar-refractivity contribution in [2.24, 2.45) is 0 Å². The molecule has 0 bridgehead atoms. The number of ether oxygens (including phenoxy) is 2. The van der Waals surface area contributed by atoms with E-state index in [2.05, 4.69) is 10.3 Å². The minimum Gasteiger partial charge on any atom is -0.454 e. The molecular formula is C23H25N3O6. The summed E-state index contributed by atoms with van der Waals surface area (Å²) >= 11 is 0. The van der Waals surface area contributed by atoms with E-state index >= 15 is 0 Å². The summed E-state index contributed by atoms with van der Waals surface area (Å²) in [5.41, 5.74) is 1.34. The van der Waals surface area contributed by atoms with E-state index in [0.29, 0.717) is 28.3 Å². The first-order chi connectivity index (χ1) is 15.0. The van der Waals surface area contributed by atoms with Crippen LogP contribution < -0.4 is 14.8 Å². The second-order valence-corrected chi connectivity index (χ2v) is 8.52. The third-order valence-electron chi connectivity index (χ3n) is 6.09. The van der Waals surface area contributed by atoms with Crippen molar-refractivity contribution < 1.29 is 28.7 Å². The summed E-state index contributed by atoms with van der Waals surface area (Å²) in [6.07, 6.45) is 0.223. The average Bonchev–Trinajstić information content (AvgIpc) is 3.35. The Morgan fingerprint density at radius 2 is 1.88 bits per heavy atom. The highest BCUT2D eigenvalue weighted by atomic mass is 16.7. The van der Waals surface area contributed by atoms with Crippen LogP contribution in [0.2, 0.25) is 0 Å². The number of carbonyl (C=O) groups excluding carboxylic acids is 4. The molecule has 2 aliphatic heterocycles. The summed E-state index contributed by atoms with van der Waals surface area (Å²) in [7, 11) is 0. The number of carbonyl (C=O) groups is 4. The molecule has 9 heteroatoms. The first kappa shape index (κ1) is 21.6. The van der Waals surface area contributed by atoms with E-state index < -0.39 is 29.3 Å². The molecule has 1 fully saturated rings. The second kappa shape index (κ2) is 7.51. The molecule has 0 spiro atoms. The van der Waals surface area contributed by atoms with Gasteiger partial charge >= 0.3 is 6.03 Å². The number of hydrogen-bond donors (Lipinski definition) is 2. The molecule has 9 nitrogen and oxygen atoms in total. The van der Waals surface area contributed by atoms with Gasteiger partial charge < -0.3 is 19.8 Å². The van der Waals surface area contributed by atoms with Crippen LogP contribution in [-0.4, -0.2) is 51.8 Å². The van der Waals surface area contributed by atoms with Crippen LogP contribution in [0.4, 0.5) is 4.79 Å². The lowest BCUT2D eigenvalue weighted by Gasteiger charge is -2.24. The zero-order chi connectivity index (χ0) is 23.4. The smallest absolute Gasteiger partial charge is 0.325 e. The van der Waals surface area contributed by atoms with Crippen LogP contribution in [0.25, 0.3) is 0 Å². The van der Waals surface area contributed by atoms with Gasteiger partial charge in [0.15, 0.2) is 17.3 Å². The molecule has 3 amide bonds. The van der Waals surface area contributed by atoms with E-state index in [1.165, 1.54) is 13.8 Å². The minimum absolute atomic E-state index is 0.141. The van der Waals surface area contributed by atoms with E-state index in [-0.39, 0.29) is 24.7 Å². The van der Waals surface area contributed by atoms with Crippen molar-refractivity contribution in [1.82, 2.24) is 15.2 Å². The molecule has 2 N–H and O–H groups in total. The van der Waals surface area contributed by atoms with Crippen molar-refractivity contribution in [3.63, 3.8) is 0 Å². The van der Waals surface area contributed by atoms with Crippen molar-refractivity contribution in [3.8, 4) is 11.5 Å². The van der Waals surface area contributed by atoms with Crippen molar-refractivity contribution >= 4 is 23.5 Å². The molecule has 2 aromatic rings. The predicted molar refractivity (Wildman–Crippen MR) is 114 cm³/mol. The summed E-state index contributed by atoms with van der Waals surface area (Å²) in [5.74, 6) is 0.127. The molecule has 2 atom stereocenters. The van der Waals surface area contributed by atoms with E-state index in [0.717, 1.165) is 10.5 Å². The maximum absolute atomic E-state index is 13.3. The summed E-state index contributed by atoms with van der Waals surface area (Å²) < 4.78 is 10.7. The Labute approximate surface area is 185 Å². The molecule has 1 aromatic heterocycles. The average molecular weight is 439 g/mol. The fourth-order valence-corrected chi connectivity index (χ4v) is 4.49. The maximum atomic E-state index is 13.3. The standard InChI is InChI=1S/C23H25N3O6/c1-11-18(14(4)27)12(2)24-19(11)20(28)13(3)26-21(29)23(5,25-22(26)30)9-15-6-7-16-17(8-15)32-10-31-16/h6-8,13,24H,9-10H2,1-5H3,(H,25,30)/t13-,23-/m1/s1. The lowest BCUT2D eigenvalue weighted by atomic mass is 9.92. The third-order valence-corrected chi connectivity index (χ3v) is 6.09. The SMILES string of the molecule is CC(=O)c1c(C)[nH]c(C(=O)[C@@H](C)N2C(=O)N[C@](C)(Cc3ccc4c(c3)OCO4)C2=O)c1C. The molecule has 168 valence electrons. The van der Waals surface area contributed by atoms with Crippen molar-refractivity contribution in [1.29, 1.82) is 0 Å². The Kier molecular flexibility index (Phi) is 5.07. The number of aromatic amines is 1. The molecule has 0 unspecified atom stereocenters. The lowest BCUT2D eigenvalue weighted by molar-refractivity contribution is -0.131. The molecule has 1 saturated heterocycles. The molecule has 4 rings (SSSR count). The number of amides is 3. The summed E-state index contributed by atoms with van der Waals surface area (Å²) in [6.45, 7) is 8.10. The van der Waals surface area contributed by atoms with Gasteiger partial charge in [0.2, 0.25) is 12.6 Å². The van der Waals surface area contributed by atoms with Crippen molar-refractivity contribution in [2.75, 3.05) is 6.79 Å². The Morgan fingerprint density at radius 3 is 2.53 bits per heavy atom. The summed E-state index contributed by atoms with van der Waals surface area (Å²) in [5, 5.41) is 2.73. The zero-order valence-electron chi connectivity index (χ0n) is 18.6. The Hall–Kier alpha value is -3.62. The van der Waals surface area contributed by atoms with Crippen LogP contribution in [0, 0.1) is 13.8 Å². The van der Waals surface area contributed by atoms with Gasteiger partial charge in [0, 0.05) is 17.7 Å². The number of imide groups is 1. The van der Waals surface area contributed by atoms with Gasteiger partial charge in [-0.1, -0.05) is 6.07 Å². The normalized spacial score (nSPS) is 20.5. The number of rotatable bonds is 6. The highest BCUT2D eigenvalue weighted by Gasteiger charge is 2.51. The lowest BCUT2D eigenvalue weighted by Crippen LogP contribution is -2.48. The second-order valence-electron chi connectivity index (χ2n) is 8.52. The van der Waals surface area contributed by atoms with Crippen LogP contribution in [-0.2, 0) is 11.2 Å². The van der Waals surface area contributed by atoms with Gasteiger partial charge in [-0.2, -0.15) is 0 Å². The van der Waals surface area contributed by atoms with Gasteiger partial charge in [-0.15, -0.1) is 0 Å². The van der Waals surface area contributed by atoms with Crippen molar-refractivity contribution in [3.05, 3.63) is 46.3 Å². The molecule has 0 saturated carbocycles. The number of urea groups is 1. The third kappa shape index (κ3) is 3.34. The highest BCUT2D eigenvalue weighted by molar-refractivity contribution is 6.13. The molecule has 0 radical (unpaired) electrons. The van der Waals surface area contributed by atoms with Gasteiger partial charge in [0.05, 0.1) is 5.69 Å². The van der Waals surface area contributed by atoms with Crippen LogP contribution >= 0.6 is 0 Å². The number of Topliss-reactive ketones (excluding diaryl/α,β-unsaturated/α-hetero) is 2. The van der Waals surface area contributed by atoms with Crippen LogP contribution in [0.15, 0.2) is 18.2 Å². The van der Waals surface area contributed by atoms with Gasteiger partial charge in [0.25, 0.3) is 5.91 Å². The Bertz CT molecular complexity index is 1170. The van der Waals surface area contributed by atoms with E-state index in [9.17, 15) is 19.2 Å². The zero-order valence-corrected chi connectivity index (χ0v) is 18.6. The predicted octanol–water partition coefficient (Wildman–Crippen LogP) is 2.69. The molecule has 0 aliphatic carbocycles. The fourth-order valence-electron chi connectivity index (χ4n) is 4.49. The molecule has 2 aliphatic rings. The van der Waals surface area contributed by atoms with E-state index in [1.807, 2.05) is 6.07 Å². The quantitative estimate of drug-likeness (QED) is 0.528. The molecular weight excluding hydrogens is 414 g/mol. The number of aromatic nitrogens is 1. The monoisotopic (exact) mass is 439 g/mol. The first-order valence-corrected chi connectivity index (χ1v) is 10.3. The van der Waals surface area contributed by atoms with Gasteiger partial charge in [0.1, 0.15) is 11.6 Å². The van der Waals surface area contributed by atoms with Gasteiger partial charge in [-0.3, -0.25) is 19.3 Å². The number of aryl methyl sites for hydroxylation is 1. The Balaban J connectivity index is 1.57. The number of ketones is 2. The topological polar surface area (TPSA) is 118 Å². The minimum atomic E-state index is -1.22. The van der Waals surface area contributed by atoms with E-state index in [1.54, 1.807) is 32.9 Å². The van der Waals surface area contributed by atoms with Gasteiger partial charge in [-0.05, 0) is 57.9 Å².